The van der Waals surface area contributed by atoms with E-state index in [1.165, 1.54) is 0 Å². The van der Waals surface area contributed by atoms with Crippen LogP contribution in [0, 0.1) is 0 Å². The van der Waals surface area contributed by atoms with Crippen LogP contribution in [-0.2, 0) is 14.3 Å². The number of rotatable bonds is 2. The largest absolute Gasteiger partial charge is 0.467 e. The number of esters is 1. The lowest BCUT2D eigenvalue weighted by molar-refractivity contribution is -0.145. The summed E-state index contributed by atoms with van der Waals surface area (Å²) in [7, 11) is 1.13. The summed E-state index contributed by atoms with van der Waals surface area (Å²) in [6.45, 7) is 0. The summed E-state index contributed by atoms with van der Waals surface area (Å²) in [6, 6.07) is -1.34. The number of primary amides is 1. The summed E-state index contributed by atoms with van der Waals surface area (Å²) in [5.74, 6) is -1.70. The van der Waals surface area contributed by atoms with Crippen LogP contribution in [0.4, 0.5) is 0 Å². The molecule has 0 saturated carbocycles. The van der Waals surface area contributed by atoms with Gasteiger partial charge in [0, 0.05) is 0 Å². The van der Waals surface area contributed by atoms with E-state index in [1.54, 1.807) is 0 Å². The molecule has 4 N–H and O–H groups in total. The van der Waals surface area contributed by atoms with Gasteiger partial charge >= 0.3 is 5.97 Å². The van der Waals surface area contributed by atoms with Gasteiger partial charge in [0.05, 0.1) is 7.11 Å². The van der Waals surface area contributed by atoms with Crippen molar-refractivity contribution in [3.63, 3.8) is 0 Å². The minimum Gasteiger partial charge on any atom is -0.467 e. The van der Waals surface area contributed by atoms with Crippen molar-refractivity contribution in [3.05, 3.63) is 0 Å². The molecule has 0 heterocycles. The SMILES string of the molecule is COC(=O)C(N)C(N)=O. The maximum Gasteiger partial charge on any atom is 0.332 e. The molecule has 0 aromatic rings. The molecule has 1 unspecified atom stereocenters. The van der Waals surface area contributed by atoms with Crippen molar-refractivity contribution in [1.29, 1.82) is 0 Å². The van der Waals surface area contributed by atoms with Crippen molar-refractivity contribution in [1.82, 2.24) is 0 Å². The van der Waals surface area contributed by atoms with Gasteiger partial charge < -0.3 is 16.2 Å². The predicted molar refractivity (Wildman–Crippen MR) is 29.2 cm³/mol. The number of hydrogen-bond acceptors (Lipinski definition) is 4. The van der Waals surface area contributed by atoms with Crippen LogP contribution in [0.25, 0.3) is 0 Å². The fraction of sp³-hybridized carbons (Fsp3) is 0.500. The topological polar surface area (TPSA) is 95.4 Å². The van der Waals surface area contributed by atoms with E-state index in [2.05, 4.69) is 10.5 Å². The van der Waals surface area contributed by atoms with Crippen LogP contribution in [-0.4, -0.2) is 25.0 Å². The van der Waals surface area contributed by atoms with E-state index >= 15 is 0 Å². The molecule has 0 saturated heterocycles. The number of hydrogen-bond donors (Lipinski definition) is 2. The Morgan fingerprint density at radius 3 is 2.11 bits per heavy atom. The molecule has 9 heavy (non-hydrogen) atoms. The Kier molecular flexibility index (Phi) is 2.66. The first kappa shape index (κ1) is 7.90. The number of amides is 1. The maximum atomic E-state index is 10.3. The van der Waals surface area contributed by atoms with Crippen molar-refractivity contribution in [2.45, 2.75) is 6.04 Å². The molecule has 0 radical (unpaired) electrons. The Hall–Kier alpha value is -1.10. The van der Waals surface area contributed by atoms with Crippen LogP contribution >= 0.6 is 0 Å². The molecule has 0 aliphatic heterocycles. The van der Waals surface area contributed by atoms with Crippen LogP contribution in [0.1, 0.15) is 0 Å². The zero-order valence-electron chi connectivity index (χ0n) is 4.96. The van der Waals surface area contributed by atoms with Crippen molar-refractivity contribution in [3.8, 4) is 0 Å². The molecule has 0 aromatic carbocycles. The second-order valence-electron chi connectivity index (χ2n) is 1.40. The summed E-state index contributed by atoms with van der Waals surface area (Å²) in [5.41, 5.74) is 9.57. The molecule has 0 spiro atoms. The van der Waals surface area contributed by atoms with Gasteiger partial charge in [-0.1, -0.05) is 0 Å². The third kappa shape index (κ3) is 2.09. The normalized spacial score (nSPS) is 12.2. The molecule has 0 aromatic heterocycles. The quantitative estimate of drug-likeness (QED) is 0.334. The summed E-state index contributed by atoms with van der Waals surface area (Å²) in [5, 5.41) is 0. The van der Waals surface area contributed by atoms with Crippen molar-refractivity contribution in [2.75, 3.05) is 7.11 Å². The van der Waals surface area contributed by atoms with Crippen molar-refractivity contribution < 1.29 is 14.3 Å². The molecular formula is C4H8N2O3. The lowest BCUT2D eigenvalue weighted by Crippen LogP contribution is -2.43. The van der Waals surface area contributed by atoms with Gasteiger partial charge in [-0.15, -0.1) is 0 Å². The third-order valence-electron chi connectivity index (χ3n) is 0.762. The van der Waals surface area contributed by atoms with Crippen LogP contribution in [0.3, 0.4) is 0 Å². The van der Waals surface area contributed by atoms with Crippen LogP contribution in [0.5, 0.6) is 0 Å². The zero-order valence-corrected chi connectivity index (χ0v) is 4.96. The number of ether oxygens (including phenoxy) is 1. The van der Waals surface area contributed by atoms with Crippen LogP contribution in [0.15, 0.2) is 0 Å². The van der Waals surface area contributed by atoms with Crippen molar-refractivity contribution >= 4 is 11.9 Å². The second kappa shape index (κ2) is 3.03. The fourth-order valence-electron chi connectivity index (χ4n) is 0.243. The van der Waals surface area contributed by atoms with Gasteiger partial charge in [0.25, 0.3) is 0 Å². The average molecular weight is 132 g/mol. The molecule has 0 fully saturated rings. The molecule has 5 nitrogen and oxygen atoms in total. The Labute approximate surface area is 52.0 Å². The van der Waals surface area contributed by atoms with Gasteiger partial charge in [0.15, 0.2) is 6.04 Å². The van der Waals surface area contributed by atoms with Gasteiger partial charge in [-0.3, -0.25) is 4.79 Å². The van der Waals surface area contributed by atoms with Gasteiger partial charge in [-0.2, -0.15) is 0 Å². The highest BCUT2D eigenvalue weighted by Gasteiger charge is 2.18. The Morgan fingerprint density at radius 1 is 1.56 bits per heavy atom. The first-order valence-corrected chi connectivity index (χ1v) is 2.22. The number of nitrogens with two attached hydrogens (primary N) is 2. The van der Waals surface area contributed by atoms with Crippen LogP contribution < -0.4 is 11.5 Å². The summed E-state index contributed by atoms with van der Waals surface area (Å²) in [6.07, 6.45) is 0. The summed E-state index contributed by atoms with van der Waals surface area (Å²) in [4.78, 5) is 20.4. The third-order valence-corrected chi connectivity index (χ3v) is 0.762. The van der Waals surface area contributed by atoms with E-state index in [4.69, 9.17) is 5.73 Å². The van der Waals surface area contributed by atoms with Gasteiger partial charge in [-0.25, -0.2) is 4.79 Å². The molecule has 0 rings (SSSR count). The predicted octanol–water partition coefficient (Wildman–Crippen LogP) is -2.03. The van der Waals surface area contributed by atoms with E-state index in [0.29, 0.717) is 0 Å². The minimum absolute atomic E-state index is 0.817. The van der Waals surface area contributed by atoms with Gasteiger partial charge in [-0.05, 0) is 0 Å². The highest BCUT2D eigenvalue weighted by molar-refractivity contribution is 6.00. The molecule has 52 valence electrons. The smallest absolute Gasteiger partial charge is 0.332 e. The maximum absolute atomic E-state index is 10.3. The van der Waals surface area contributed by atoms with Crippen LogP contribution in [0.2, 0.25) is 0 Å². The molecule has 0 aliphatic carbocycles. The number of carbonyl (C=O) groups is 2. The van der Waals surface area contributed by atoms with E-state index in [-0.39, 0.29) is 0 Å². The average Bonchev–Trinajstić information content (AvgIpc) is 1.84. The Bertz CT molecular complexity index is 134. The number of carbonyl (C=O) groups excluding carboxylic acids is 2. The Balaban J connectivity index is 3.88. The first-order chi connectivity index (χ1) is 4.09. The minimum atomic E-state index is -1.34. The summed E-state index contributed by atoms with van der Waals surface area (Å²) < 4.78 is 4.11. The molecule has 1 amide bonds. The van der Waals surface area contributed by atoms with E-state index < -0.39 is 17.9 Å². The Morgan fingerprint density at radius 2 is 2.00 bits per heavy atom. The monoisotopic (exact) mass is 132 g/mol. The van der Waals surface area contributed by atoms with Gasteiger partial charge in [0.2, 0.25) is 5.91 Å². The highest BCUT2D eigenvalue weighted by atomic mass is 16.5. The van der Waals surface area contributed by atoms with E-state index in [9.17, 15) is 9.59 Å². The summed E-state index contributed by atoms with van der Waals surface area (Å²) >= 11 is 0. The lowest BCUT2D eigenvalue weighted by atomic mass is 10.3. The van der Waals surface area contributed by atoms with Gasteiger partial charge in [0.1, 0.15) is 0 Å². The standard InChI is InChI=1S/C4H8N2O3/c1-9-4(8)2(5)3(6)7/h2H,5H2,1H3,(H2,6,7). The fourth-order valence-corrected chi connectivity index (χ4v) is 0.243. The lowest BCUT2D eigenvalue weighted by Gasteiger charge is -2.02. The molecule has 5 heteroatoms. The molecule has 0 bridgehead atoms. The first-order valence-electron chi connectivity index (χ1n) is 2.22. The zero-order chi connectivity index (χ0) is 7.44. The molecule has 0 aliphatic rings. The van der Waals surface area contributed by atoms with E-state index in [0.717, 1.165) is 7.11 Å². The second-order valence-corrected chi connectivity index (χ2v) is 1.40. The molecule has 1 atom stereocenters. The molecular weight excluding hydrogens is 124 g/mol. The highest BCUT2D eigenvalue weighted by Crippen LogP contribution is 1.79. The van der Waals surface area contributed by atoms with Crippen molar-refractivity contribution in [2.24, 2.45) is 11.5 Å². The number of methoxy groups -OCH3 is 1. The van der Waals surface area contributed by atoms with E-state index in [1.807, 2.05) is 0 Å².